The van der Waals surface area contributed by atoms with Gasteiger partial charge in [0.2, 0.25) is 0 Å². The molecule has 0 aromatic heterocycles. The van der Waals surface area contributed by atoms with Crippen LogP contribution in [-0.2, 0) is 19.1 Å². The predicted octanol–water partition coefficient (Wildman–Crippen LogP) is -0.858. The lowest BCUT2D eigenvalue weighted by atomic mass is 10.0. The predicted molar refractivity (Wildman–Crippen MR) is 55.4 cm³/mol. The molecule has 1 aliphatic heterocycles. The van der Waals surface area contributed by atoms with Gasteiger partial charge in [0.05, 0.1) is 7.11 Å². The number of hydrogen-bond donors (Lipinski definition) is 1. The zero-order chi connectivity index (χ0) is 12.3. The van der Waals surface area contributed by atoms with E-state index in [1.165, 1.54) is 12.0 Å². The Bertz CT molecular complexity index is 314. The molecule has 1 saturated heterocycles. The number of hydrogen-bond acceptors (Lipinski definition) is 4. The molecule has 2 amide bonds. The Morgan fingerprint density at radius 1 is 1.44 bits per heavy atom. The molecule has 0 aromatic carbocycles. The third-order valence-electron chi connectivity index (χ3n) is 2.50. The fraction of sp³-hybridized carbons (Fsp3) is 0.700. The molecule has 0 aromatic rings. The van der Waals surface area contributed by atoms with Crippen LogP contribution in [0.1, 0.15) is 13.8 Å². The molecule has 1 atom stereocenters. The van der Waals surface area contributed by atoms with Crippen LogP contribution >= 0.6 is 0 Å². The summed E-state index contributed by atoms with van der Waals surface area (Å²) in [5.74, 6) is -1.92. The van der Waals surface area contributed by atoms with Crippen molar-refractivity contribution in [1.82, 2.24) is 10.2 Å². The molecule has 1 N–H and O–H groups in total. The van der Waals surface area contributed by atoms with Crippen molar-refractivity contribution >= 4 is 17.8 Å². The molecular formula is C10H16N2O4. The number of carbonyl (C=O) groups is 3. The molecule has 1 aliphatic rings. The molecule has 1 fully saturated rings. The first kappa shape index (κ1) is 12.5. The first-order valence-corrected chi connectivity index (χ1v) is 5.15. The smallest absolute Gasteiger partial charge is 0.328 e. The van der Waals surface area contributed by atoms with Gasteiger partial charge in [0.1, 0.15) is 6.04 Å². The van der Waals surface area contributed by atoms with Gasteiger partial charge in [-0.25, -0.2) is 4.79 Å². The summed E-state index contributed by atoms with van der Waals surface area (Å²) >= 11 is 0. The van der Waals surface area contributed by atoms with Crippen molar-refractivity contribution in [3.63, 3.8) is 0 Å². The monoisotopic (exact) mass is 228 g/mol. The van der Waals surface area contributed by atoms with Gasteiger partial charge in [0.25, 0.3) is 0 Å². The molecule has 6 heteroatoms. The van der Waals surface area contributed by atoms with E-state index in [2.05, 4.69) is 10.1 Å². The number of amides is 2. The zero-order valence-corrected chi connectivity index (χ0v) is 9.65. The quantitative estimate of drug-likeness (QED) is 0.504. The highest BCUT2D eigenvalue weighted by Gasteiger charge is 2.37. The van der Waals surface area contributed by atoms with E-state index in [1.807, 2.05) is 0 Å². The number of esters is 1. The number of piperazine rings is 1. The van der Waals surface area contributed by atoms with Gasteiger partial charge in [-0.1, -0.05) is 13.8 Å². The molecule has 16 heavy (non-hydrogen) atoms. The van der Waals surface area contributed by atoms with Crippen molar-refractivity contribution in [2.45, 2.75) is 19.9 Å². The molecular weight excluding hydrogens is 212 g/mol. The molecule has 0 unspecified atom stereocenters. The average molecular weight is 228 g/mol. The number of carbonyl (C=O) groups excluding carboxylic acids is 3. The molecule has 6 nitrogen and oxygen atoms in total. The number of nitrogens with one attached hydrogen (secondary N) is 1. The molecule has 90 valence electrons. The Morgan fingerprint density at radius 2 is 2.06 bits per heavy atom. The Hall–Kier alpha value is -1.59. The Morgan fingerprint density at radius 3 is 2.56 bits per heavy atom. The molecule has 0 bridgehead atoms. The van der Waals surface area contributed by atoms with Gasteiger partial charge in [-0.2, -0.15) is 0 Å². The van der Waals surface area contributed by atoms with Crippen LogP contribution in [0, 0.1) is 5.92 Å². The maximum atomic E-state index is 11.6. The normalized spacial score (nSPS) is 18.4. The highest BCUT2D eigenvalue weighted by atomic mass is 16.5. The van der Waals surface area contributed by atoms with Gasteiger partial charge in [0, 0.05) is 13.1 Å². The first-order valence-electron chi connectivity index (χ1n) is 5.15. The van der Waals surface area contributed by atoms with Crippen molar-refractivity contribution in [1.29, 1.82) is 0 Å². The average Bonchev–Trinajstić information content (AvgIpc) is 2.24. The topological polar surface area (TPSA) is 75.7 Å². The van der Waals surface area contributed by atoms with E-state index in [9.17, 15) is 14.4 Å². The zero-order valence-electron chi connectivity index (χ0n) is 9.65. The second kappa shape index (κ2) is 4.96. The van der Waals surface area contributed by atoms with E-state index >= 15 is 0 Å². The van der Waals surface area contributed by atoms with Gasteiger partial charge in [-0.15, -0.1) is 0 Å². The second-order valence-corrected chi connectivity index (χ2v) is 3.97. The summed E-state index contributed by atoms with van der Waals surface area (Å²) in [5, 5.41) is 2.43. The molecule has 1 rings (SSSR count). The summed E-state index contributed by atoms with van der Waals surface area (Å²) in [6.07, 6.45) is 0. The number of ether oxygens (including phenoxy) is 1. The summed E-state index contributed by atoms with van der Waals surface area (Å²) < 4.78 is 4.65. The second-order valence-electron chi connectivity index (χ2n) is 3.97. The molecule has 0 aliphatic carbocycles. The van der Waals surface area contributed by atoms with Crippen molar-refractivity contribution in [3.8, 4) is 0 Å². The Labute approximate surface area is 93.9 Å². The molecule has 1 heterocycles. The highest BCUT2D eigenvalue weighted by molar-refractivity contribution is 6.35. The van der Waals surface area contributed by atoms with Gasteiger partial charge >= 0.3 is 17.8 Å². The van der Waals surface area contributed by atoms with E-state index in [4.69, 9.17) is 0 Å². The fourth-order valence-corrected chi connectivity index (χ4v) is 1.74. The van der Waals surface area contributed by atoms with Crippen LogP contribution in [0.4, 0.5) is 0 Å². The van der Waals surface area contributed by atoms with Crippen LogP contribution in [0.15, 0.2) is 0 Å². The van der Waals surface area contributed by atoms with Crippen molar-refractivity contribution in [3.05, 3.63) is 0 Å². The highest BCUT2D eigenvalue weighted by Crippen LogP contribution is 2.14. The Balaban J connectivity index is 2.89. The van der Waals surface area contributed by atoms with E-state index < -0.39 is 23.8 Å². The van der Waals surface area contributed by atoms with E-state index in [0.29, 0.717) is 13.1 Å². The van der Waals surface area contributed by atoms with Crippen molar-refractivity contribution < 1.29 is 19.1 Å². The third-order valence-corrected chi connectivity index (χ3v) is 2.50. The summed E-state index contributed by atoms with van der Waals surface area (Å²) in [4.78, 5) is 35.6. The minimum Gasteiger partial charge on any atom is -0.467 e. The van der Waals surface area contributed by atoms with Gasteiger partial charge in [-0.05, 0) is 5.92 Å². The SMILES string of the molecule is COC(=O)[C@H](C(C)C)N1CCNC(=O)C1=O. The van der Waals surface area contributed by atoms with Crippen molar-refractivity contribution in [2.24, 2.45) is 5.92 Å². The minimum atomic E-state index is -0.691. The summed E-state index contributed by atoms with van der Waals surface area (Å²) in [6, 6.07) is -0.691. The van der Waals surface area contributed by atoms with Crippen LogP contribution in [0.5, 0.6) is 0 Å². The Kier molecular flexibility index (Phi) is 3.87. The van der Waals surface area contributed by atoms with E-state index in [0.717, 1.165) is 0 Å². The summed E-state index contributed by atoms with van der Waals surface area (Å²) in [6.45, 7) is 4.32. The lowest BCUT2D eigenvalue weighted by Crippen LogP contribution is -2.59. The van der Waals surface area contributed by atoms with Crippen LogP contribution in [0.3, 0.4) is 0 Å². The fourth-order valence-electron chi connectivity index (χ4n) is 1.74. The van der Waals surface area contributed by atoms with E-state index in [-0.39, 0.29) is 5.92 Å². The minimum absolute atomic E-state index is 0.0951. The number of nitrogens with zero attached hydrogens (tertiary/aromatic N) is 1. The van der Waals surface area contributed by atoms with Gasteiger partial charge < -0.3 is 15.0 Å². The van der Waals surface area contributed by atoms with Gasteiger partial charge in [-0.3, -0.25) is 9.59 Å². The lowest BCUT2D eigenvalue weighted by molar-refractivity contribution is -0.159. The number of methoxy groups -OCH3 is 1. The van der Waals surface area contributed by atoms with Crippen LogP contribution in [0.2, 0.25) is 0 Å². The van der Waals surface area contributed by atoms with E-state index in [1.54, 1.807) is 13.8 Å². The summed E-state index contributed by atoms with van der Waals surface area (Å²) in [5.41, 5.74) is 0. The van der Waals surface area contributed by atoms with Crippen LogP contribution < -0.4 is 5.32 Å². The summed E-state index contributed by atoms with van der Waals surface area (Å²) in [7, 11) is 1.27. The molecule has 0 spiro atoms. The molecule has 0 saturated carbocycles. The van der Waals surface area contributed by atoms with Crippen LogP contribution in [-0.4, -0.2) is 48.9 Å². The number of rotatable bonds is 3. The third kappa shape index (κ3) is 2.32. The maximum absolute atomic E-state index is 11.6. The first-order chi connectivity index (χ1) is 7.49. The largest absolute Gasteiger partial charge is 0.467 e. The van der Waals surface area contributed by atoms with Crippen molar-refractivity contribution in [2.75, 3.05) is 20.2 Å². The molecule has 0 radical (unpaired) electrons. The van der Waals surface area contributed by atoms with Gasteiger partial charge in [0.15, 0.2) is 0 Å². The standard InChI is InChI=1S/C10H16N2O4/c1-6(2)7(10(15)16-3)12-5-4-11-8(13)9(12)14/h6-7H,4-5H2,1-3H3,(H,11,13)/t7-/m0/s1. The van der Waals surface area contributed by atoms with Crippen LogP contribution in [0.25, 0.3) is 0 Å². The maximum Gasteiger partial charge on any atom is 0.328 e. The lowest BCUT2D eigenvalue weighted by Gasteiger charge is -2.34.